The van der Waals surface area contributed by atoms with E-state index in [0.717, 1.165) is 12.1 Å². The van der Waals surface area contributed by atoms with Crippen LogP contribution in [0.5, 0.6) is 0 Å². The molecule has 0 atom stereocenters. The molecule has 0 aliphatic heterocycles. The van der Waals surface area contributed by atoms with Gasteiger partial charge < -0.3 is 0 Å². The standard InChI is InChI=1S/C12H5F11N2/c13-7(9(14,15)11(19,20)12(21,22)23)8(10(16,17)18)25-24-6-4-2-1-3-5-6/h1-5H. The van der Waals surface area contributed by atoms with E-state index in [9.17, 15) is 48.3 Å². The van der Waals surface area contributed by atoms with Crippen LogP contribution in [0.15, 0.2) is 52.1 Å². The van der Waals surface area contributed by atoms with Crippen molar-refractivity contribution in [1.82, 2.24) is 0 Å². The molecule has 1 aromatic rings. The van der Waals surface area contributed by atoms with Crippen molar-refractivity contribution in [3.63, 3.8) is 0 Å². The van der Waals surface area contributed by atoms with Gasteiger partial charge in [-0.25, -0.2) is 4.39 Å². The topological polar surface area (TPSA) is 24.7 Å². The third-order valence-electron chi connectivity index (χ3n) is 2.52. The first-order valence-corrected chi connectivity index (χ1v) is 5.89. The fraction of sp³-hybridized carbons (Fsp3) is 0.333. The molecule has 0 aliphatic rings. The van der Waals surface area contributed by atoms with E-state index in [0.29, 0.717) is 0 Å². The molecule has 0 radical (unpaired) electrons. The maximum Gasteiger partial charge on any atom is 0.460 e. The number of azo groups is 1. The van der Waals surface area contributed by atoms with Crippen molar-refractivity contribution >= 4 is 5.69 Å². The lowest BCUT2D eigenvalue weighted by Crippen LogP contribution is -2.52. The largest absolute Gasteiger partial charge is 0.460 e. The Bertz CT molecular complexity index is 656. The lowest BCUT2D eigenvalue weighted by molar-refractivity contribution is -0.348. The van der Waals surface area contributed by atoms with Gasteiger partial charge in [0, 0.05) is 0 Å². The van der Waals surface area contributed by atoms with Crippen LogP contribution in [0.3, 0.4) is 0 Å². The first-order valence-electron chi connectivity index (χ1n) is 5.89. The summed E-state index contributed by atoms with van der Waals surface area (Å²) in [6.07, 6.45) is -13.1. The second-order valence-electron chi connectivity index (χ2n) is 4.34. The Morgan fingerprint density at radius 2 is 1.24 bits per heavy atom. The molecule has 0 bridgehead atoms. The summed E-state index contributed by atoms with van der Waals surface area (Å²) in [5.74, 6) is -18.1. The van der Waals surface area contributed by atoms with E-state index in [1.54, 1.807) is 0 Å². The molecule has 25 heavy (non-hydrogen) atoms. The van der Waals surface area contributed by atoms with Crippen molar-refractivity contribution in [3.8, 4) is 0 Å². The molecule has 0 aromatic heterocycles. The predicted octanol–water partition coefficient (Wildman–Crippen LogP) is 6.35. The number of nitrogens with zero attached hydrogens (tertiary/aromatic N) is 2. The van der Waals surface area contributed by atoms with Crippen molar-refractivity contribution in [2.75, 3.05) is 0 Å². The van der Waals surface area contributed by atoms with Crippen LogP contribution in [0.2, 0.25) is 0 Å². The molecule has 2 nitrogen and oxygen atoms in total. The summed E-state index contributed by atoms with van der Waals surface area (Å²) < 4.78 is 138. The highest BCUT2D eigenvalue weighted by Gasteiger charge is 2.76. The summed E-state index contributed by atoms with van der Waals surface area (Å²) in [4.78, 5) is 0. The van der Waals surface area contributed by atoms with Crippen molar-refractivity contribution in [1.29, 1.82) is 0 Å². The normalized spacial score (nSPS) is 15.5. The fourth-order valence-corrected chi connectivity index (χ4v) is 1.29. The molecular weight excluding hydrogens is 381 g/mol. The van der Waals surface area contributed by atoms with Crippen LogP contribution in [-0.4, -0.2) is 24.2 Å². The molecule has 0 heterocycles. The van der Waals surface area contributed by atoms with E-state index in [1.165, 1.54) is 18.2 Å². The van der Waals surface area contributed by atoms with Gasteiger partial charge >= 0.3 is 24.2 Å². The molecule has 0 saturated carbocycles. The summed E-state index contributed by atoms with van der Waals surface area (Å²) in [5, 5.41) is 4.75. The van der Waals surface area contributed by atoms with Crippen LogP contribution < -0.4 is 0 Å². The van der Waals surface area contributed by atoms with Gasteiger partial charge in [0.25, 0.3) is 0 Å². The fourth-order valence-electron chi connectivity index (χ4n) is 1.29. The average Bonchev–Trinajstić information content (AvgIpc) is 2.45. The van der Waals surface area contributed by atoms with Crippen molar-refractivity contribution in [2.45, 2.75) is 24.2 Å². The maximum atomic E-state index is 13.3. The van der Waals surface area contributed by atoms with Gasteiger partial charge in [-0.05, 0) is 12.1 Å². The van der Waals surface area contributed by atoms with E-state index >= 15 is 0 Å². The molecule has 0 N–H and O–H groups in total. The molecule has 0 spiro atoms. The van der Waals surface area contributed by atoms with Crippen LogP contribution in [0, 0.1) is 0 Å². The first kappa shape index (κ1) is 20.8. The molecule has 13 heteroatoms. The Kier molecular flexibility index (Phi) is 5.50. The summed E-state index contributed by atoms with van der Waals surface area (Å²) in [6.45, 7) is 0. The van der Waals surface area contributed by atoms with Crippen LogP contribution >= 0.6 is 0 Å². The molecule has 140 valence electrons. The minimum atomic E-state index is -7.11. The van der Waals surface area contributed by atoms with Crippen molar-refractivity contribution in [3.05, 3.63) is 41.9 Å². The van der Waals surface area contributed by atoms with Gasteiger partial charge in [0.2, 0.25) is 11.5 Å². The highest BCUT2D eigenvalue weighted by Crippen LogP contribution is 2.52. The minimum absolute atomic E-state index is 0.428. The zero-order valence-electron chi connectivity index (χ0n) is 11.4. The van der Waals surface area contributed by atoms with Gasteiger partial charge in [-0.3, -0.25) is 0 Å². The van der Waals surface area contributed by atoms with Gasteiger partial charge in [0.05, 0.1) is 5.69 Å². The van der Waals surface area contributed by atoms with E-state index in [1.807, 2.05) is 0 Å². The van der Waals surface area contributed by atoms with Crippen molar-refractivity contribution < 1.29 is 48.3 Å². The van der Waals surface area contributed by atoms with Gasteiger partial charge in [-0.1, -0.05) is 18.2 Å². The van der Waals surface area contributed by atoms with Gasteiger partial charge in [-0.2, -0.15) is 49.0 Å². The van der Waals surface area contributed by atoms with E-state index < -0.39 is 41.4 Å². The quantitative estimate of drug-likeness (QED) is 0.426. The zero-order valence-corrected chi connectivity index (χ0v) is 11.4. The molecule has 1 rings (SSSR count). The van der Waals surface area contributed by atoms with Gasteiger partial charge in [-0.15, -0.1) is 5.11 Å². The number of alkyl halides is 10. The monoisotopic (exact) mass is 386 g/mol. The molecule has 1 aromatic carbocycles. The predicted molar refractivity (Wildman–Crippen MR) is 61.1 cm³/mol. The second kappa shape index (κ2) is 6.59. The zero-order chi connectivity index (χ0) is 19.7. The number of allylic oxidation sites excluding steroid dienone is 2. The molecule has 0 amide bonds. The average molecular weight is 386 g/mol. The lowest BCUT2D eigenvalue weighted by Gasteiger charge is -2.27. The van der Waals surface area contributed by atoms with Crippen LogP contribution in [0.1, 0.15) is 0 Å². The SMILES string of the molecule is FC(=C(N=Nc1ccccc1)C(F)(F)F)C(F)(F)C(F)(F)C(F)(F)F. The Hall–Kier alpha value is -2.21. The Balaban J connectivity index is 3.49. The van der Waals surface area contributed by atoms with Crippen LogP contribution in [0.25, 0.3) is 0 Å². The molecule has 0 fully saturated rings. The van der Waals surface area contributed by atoms with Crippen molar-refractivity contribution in [2.24, 2.45) is 10.2 Å². The highest BCUT2D eigenvalue weighted by atomic mass is 19.4. The summed E-state index contributed by atoms with van der Waals surface area (Å²) >= 11 is 0. The van der Waals surface area contributed by atoms with Gasteiger partial charge in [0.1, 0.15) is 0 Å². The Labute approximate surface area is 131 Å². The maximum absolute atomic E-state index is 13.3. The Morgan fingerprint density at radius 1 is 0.760 bits per heavy atom. The van der Waals surface area contributed by atoms with E-state index in [4.69, 9.17) is 0 Å². The van der Waals surface area contributed by atoms with E-state index in [-0.39, 0.29) is 0 Å². The number of halogens is 11. The number of benzene rings is 1. The summed E-state index contributed by atoms with van der Waals surface area (Å²) in [6, 6.07) is 5.73. The lowest BCUT2D eigenvalue weighted by atomic mass is 10.1. The Morgan fingerprint density at radius 3 is 1.64 bits per heavy atom. The van der Waals surface area contributed by atoms with Crippen LogP contribution in [-0.2, 0) is 0 Å². The number of hydrogen-bond acceptors (Lipinski definition) is 2. The molecule has 0 aliphatic carbocycles. The third-order valence-corrected chi connectivity index (χ3v) is 2.52. The third kappa shape index (κ3) is 4.25. The molecule has 0 saturated heterocycles. The summed E-state index contributed by atoms with van der Waals surface area (Å²) in [5.41, 5.74) is -3.74. The van der Waals surface area contributed by atoms with Crippen LogP contribution in [0.4, 0.5) is 54.0 Å². The van der Waals surface area contributed by atoms with E-state index in [2.05, 4.69) is 10.2 Å². The number of hydrogen-bond donors (Lipinski definition) is 0. The molecular formula is C12H5F11N2. The smallest absolute Gasteiger partial charge is 0.202 e. The number of rotatable bonds is 4. The molecule has 0 unspecified atom stereocenters. The minimum Gasteiger partial charge on any atom is -0.202 e. The highest BCUT2D eigenvalue weighted by molar-refractivity contribution is 5.35. The van der Waals surface area contributed by atoms with Gasteiger partial charge in [0.15, 0.2) is 0 Å². The first-order chi connectivity index (χ1) is 11.1. The summed E-state index contributed by atoms with van der Waals surface area (Å²) in [7, 11) is 0. The second-order valence-corrected chi connectivity index (χ2v) is 4.34.